The maximum absolute atomic E-state index is 12.9. The first-order valence-corrected chi connectivity index (χ1v) is 10.00. The number of sulfonamides is 1. The first kappa shape index (κ1) is 21.1. The molecule has 0 saturated heterocycles. The number of aromatic nitrogens is 1. The fourth-order valence-corrected chi connectivity index (χ4v) is 4.65. The summed E-state index contributed by atoms with van der Waals surface area (Å²) in [5.74, 6) is 0. The number of alkyl halides is 6. The third-order valence-corrected chi connectivity index (χ3v) is 6.58. The van der Waals surface area contributed by atoms with Crippen molar-refractivity contribution in [3.63, 3.8) is 0 Å². The molecule has 29 heavy (non-hydrogen) atoms. The van der Waals surface area contributed by atoms with E-state index < -0.39 is 39.2 Å². The third kappa shape index (κ3) is 4.88. The van der Waals surface area contributed by atoms with Gasteiger partial charge in [-0.2, -0.15) is 26.3 Å². The van der Waals surface area contributed by atoms with Crippen molar-refractivity contribution in [3.8, 4) is 10.6 Å². The quantitative estimate of drug-likeness (QED) is 0.521. The molecule has 0 fully saturated rings. The zero-order valence-corrected chi connectivity index (χ0v) is 15.7. The maximum atomic E-state index is 12.9. The van der Waals surface area contributed by atoms with Crippen molar-refractivity contribution in [2.75, 3.05) is 4.72 Å². The lowest BCUT2D eigenvalue weighted by Gasteiger charge is -2.15. The van der Waals surface area contributed by atoms with E-state index in [1.807, 2.05) is 0 Å². The van der Waals surface area contributed by atoms with Crippen molar-refractivity contribution in [1.29, 1.82) is 0 Å². The topological polar surface area (TPSA) is 59.1 Å². The van der Waals surface area contributed by atoms with Crippen LogP contribution in [0.2, 0.25) is 0 Å². The van der Waals surface area contributed by atoms with E-state index in [9.17, 15) is 34.8 Å². The molecule has 12 heteroatoms. The Bertz CT molecular complexity index is 1090. The second-order valence-electron chi connectivity index (χ2n) is 5.73. The fourth-order valence-electron chi connectivity index (χ4n) is 2.33. The zero-order chi connectivity index (χ0) is 21.4. The molecule has 0 saturated carbocycles. The van der Waals surface area contributed by atoms with Crippen molar-refractivity contribution in [2.45, 2.75) is 16.6 Å². The van der Waals surface area contributed by atoms with Gasteiger partial charge in [0.05, 0.1) is 27.4 Å². The Hall–Kier alpha value is -2.60. The van der Waals surface area contributed by atoms with Gasteiger partial charge in [0.25, 0.3) is 10.0 Å². The first-order valence-electron chi connectivity index (χ1n) is 7.70. The summed E-state index contributed by atoms with van der Waals surface area (Å²) in [6.45, 7) is 0. The van der Waals surface area contributed by atoms with Crippen molar-refractivity contribution in [2.24, 2.45) is 0 Å². The number of rotatable bonds is 4. The number of halogens is 6. The predicted molar refractivity (Wildman–Crippen MR) is 94.8 cm³/mol. The second kappa shape index (κ2) is 7.34. The molecule has 0 unspecified atom stereocenters. The van der Waals surface area contributed by atoms with Gasteiger partial charge in [0.15, 0.2) is 0 Å². The van der Waals surface area contributed by atoms with Gasteiger partial charge in [-0.1, -0.05) is 6.07 Å². The largest absolute Gasteiger partial charge is 0.416 e. The minimum absolute atomic E-state index is 0.0812. The normalized spacial score (nSPS) is 12.8. The number of anilines is 1. The van der Waals surface area contributed by atoms with Crippen LogP contribution >= 0.6 is 11.3 Å². The number of pyridine rings is 1. The van der Waals surface area contributed by atoms with E-state index in [4.69, 9.17) is 0 Å². The van der Waals surface area contributed by atoms with Crippen LogP contribution in [-0.4, -0.2) is 13.4 Å². The molecule has 2 heterocycles. The van der Waals surface area contributed by atoms with E-state index in [0.717, 1.165) is 11.3 Å². The van der Waals surface area contributed by atoms with Gasteiger partial charge in [0.2, 0.25) is 0 Å². The van der Waals surface area contributed by atoms with Crippen molar-refractivity contribution >= 4 is 27.0 Å². The fraction of sp³-hybridized carbons (Fsp3) is 0.118. The molecule has 0 amide bonds. The van der Waals surface area contributed by atoms with Crippen LogP contribution in [0.4, 0.5) is 32.0 Å². The van der Waals surface area contributed by atoms with Gasteiger partial charge >= 0.3 is 12.4 Å². The Morgan fingerprint density at radius 3 is 2.00 bits per heavy atom. The summed E-state index contributed by atoms with van der Waals surface area (Å²) in [5.41, 5.74) is -3.62. The van der Waals surface area contributed by atoms with Gasteiger partial charge in [0.1, 0.15) is 4.21 Å². The van der Waals surface area contributed by atoms with Crippen LogP contribution in [0, 0.1) is 0 Å². The SMILES string of the molecule is O=S(=O)(Nc1cc(C(F)(F)F)cc(C(F)(F)F)c1)c1ccc(-c2ccccn2)s1. The highest BCUT2D eigenvalue weighted by Gasteiger charge is 2.37. The Kier molecular flexibility index (Phi) is 5.34. The molecule has 4 nitrogen and oxygen atoms in total. The first-order chi connectivity index (χ1) is 13.4. The minimum Gasteiger partial charge on any atom is -0.279 e. The Morgan fingerprint density at radius 1 is 0.862 bits per heavy atom. The molecule has 3 rings (SSSR count). The third-order valence-electron chi connectivity index (χ3n) is 3.60. The van der Waals surface area contributed by atoms with Crippen LogP contribution < -0.4 is 4.72 Å². The summed E-state index contributed by atoms with van der Waals surface area (Å²) in [5, 5.41) is 0. The number of benzene rings is 1. The lowest BCUT2D eigenvalue weighted by atomic mass is 10.1. The van der Waals surface area contributed by atoms with Crippen molar-refractivity contribution < 1.29 is 34.8 Å². The molecule has 0 atom stereocenters. The van der Waals surface area contributed by atoms with Crippen LogP contribution in [0.5, 0.6) is 0 Å². The molecule has 154 valence electrons. The van der Waals surface area contributed by atoms with Gasteiger partial charge < -0.3 is 0 Å². The summed E-state index contributed by atoms with van der Waals surface area (Å²) in [7, 11) is -4.42. The molecular formula is C17H10F6N2O2S2. The predicted octanol–water partition coefficient (Wildman–Crippen LogP) is 5.65. The molecule has 1 N–H and O–H groups in total. The zero-order valence-electron chi connectivity index (χ0n) is 14.0. The average molecular weight is 452 g/mol. The molecule has 0 bridgehead atoms. The molecule has 1 aromatic carbocycles. The second-order valence-corrected chi connectivity index (χ2v) is 8.73. The lowest BCUT2D eigenvalue weighted by Crippen LogP contribution is -2.15. The molecular weight excluding hydrogens is 442 g/mol. The molecule has 0 aliphatic heterocycles. The molecule has 2 aromatic heterocycles. The number of nitrogens with zero attached hydrogens (tertiary/aromatic N) is 1. The van der Waals surface area contributed by atoms with Crippen LogP contribution in [0.1, 0.15) is 11.1 Å². The molecule has 0 aliphatic carbocycles. The van der Waals surface area contributed by atoms with Crippen LogP contribution in [0.3, 0.4) is 0 Å². The Morgan fingerprint density at radius 2 is 1.48 bits per heavy atom. The van der Waals surface area contributed by atoms with E-state index in [2.05, 4.69) is 4.98 Å². The Balaban J connectivity index is 1.97. The monoisotopic (exact) mass is 452 g/mol. The number of thiophene rings is 1. The maximum Gasteiger partial charge on any atom is 0.416 e. The molecule has 0 aliphatic rings. The standard InChI is InChI=1S/C17H10F6N2O2S2/c18-16(19,20)10-7-11(17(21,22)23)9-12(8-10)25-29(26,27)15-5-4-14(28-15)13-3-1-2-6-24-13/h1-9,25H. The molecule has 0 radical (unpaired) electrons. The number of hydrogen-bond donors (Lipinski definition) is 1. The summed E-state index contributed by atoms with van der Waals surface area (Å²) in [6.07, 6.45) is -8.68. The number of nitrogens with one attached hydrogen (secondary N) is 1. The van der Waals surface area contributed by atoms with E-state index in [-0.39, 0.29) is 10.3 Å². The van der Waals surface area contributed by atoms with Crippen molar-refractivity contribution in [3.05, 3.63) is 65.9 Å². The minimum atomic E-state index is -5.09. The van der Waals surface area contributed by atoms with E-state index in [1.165, 1.54) is 18.3 Å². The van der Waals surface area contributed by atoms with E-state index >= 15 is 0 Å². The lowest BCUT2D eigenvalue weighted by molar-refractivity contribution is -0.143. The Labute approximate surface area is 164 Å². The summed E-state index contributed by atoms with van der Waals surface area (Å²) >= 11 is 0.774. The van der Waals surface area contributed by atoms with Crippen LogP contribution in [0.15, 0.2) is 58.9 Å². The highest BCUT2D eigenvalue weighted by molar-refractivity contribution is 7.94. The smallest absolute Gasteiger partial charge is 0.279 e. The van der Waals surface area contributed by atoms with Gasteiger partial charge in [0, 0.05) is 6.20 Å². The number of hydrogen-bond acceptors (Lipinski definition) is 4. The van der Waals surface area contributed by atoms with E-state index in [1.54, 1.807) is 22.9 Å². The van der Waals surface area contributed by atoms with Gasteiger partial charge in [-0.05, 0) is 42.5 Å². The van der Waals surface area contributed by atoms with Gasteiger partial charge in [-0.15, -0.1) is 11.3 Å². The van der Waals surface area contributed by atoms with Crippen LogP contribution in [-0.2, 0) is 22.4 Å². The van der Waals surface area contributed by atoms with Gasteiger partial charge in [-0.25, -0.2) is 8.42 Å². The van der Waals surface area contributed by atoms with Crippen LogP contribution in [0.25, 0.3) is 10.6 Å². The summed E-state index contributed by atoms with van der Waals surface area (Å²) in [6, 6.07) is 8.11. The summed E-state index contributed by atoms with van der Waals surface area (Å²) in [4.78, 5) is 4.51. The average Bonchev–Trinajstić information content (AvgIpc) is 3.11. The van der Waals surface area contributed by atoms with Gasteiger partial charge in [-0.3, -0.25) is 9.71 Å². The molecule has 3 aromatic rings. The highest BCUT2D eigenvalue weighted by atomic mass is 32.2. The van der Waals surface area contributed by atoms with E-state index in [0.29, 0.717) is 22.7 Å². The molecule has 0 spiro atoms. The highest BCUT2D eigenvalue weighted by Crippen LogP contribution is 2.38. The van der Waals surface area contributed by atoms with Crippen molar-refractivity contribution in [1.82, 2.24) is 4.98 Å². The summed E-state index contributed by atoms with van der Waals surface area (Å²) < 4.78 is 104.